The molecule has 2 aliphatic rings. The van der Waals surface area contributed by atoms with Crippen LogP contribution in [0.25, 0.3) is 0 Å². The second-order valence-corrected chi connectivity index (χ2v) is 6.57. The highest BCUT2D eigenvalue weighted by molar-refractivity contribution is 8.13. The lowest BCUT2D eigenvalue weighted by molar-refractivity contribution is 0.354. The van der Waals surface area contributed by atoms with Crippen LogP contribution in [0.1, 0.15) is 24.8 Å². The lowest BCUT2D eigenvalue weighted by atomic mass is 10.1. The summed E-state index contributed by atoms with van der Waals surface area (Å²) in [6, 6.07) is 6.62. The van der Waals surface area contributed by atoms with Crippen LogP contribution >= 0.6 is 11.8 Å². The van der Waals surface area contributed by atoms with Crippen molar-refractivity contribution in [3.63, 3.8) is 0 Å². The first-order chi connectivity index (χ1) is 10.3. The molecule has 1 N–H and O–H groups in total. The molecule has 2 atom stereocenters. The van der Waals surface area contributed by atoms with E-state index < -0.39 is 0 Å². The third kappa shape index (κ3) is 3.28. The molecule has 1 heterocycles. The summed E-state index contributed by atoms with van der Waals surface area (Å²) in [5, 5.41) is 4.68. The molecule has 2 fully saturated rings. The van der Waals surface area contributed by atoms with Crippen LogP contribution < -0.4 is 14.8 Å². The van der Waals surface area contributed by atoms with Gasteiger partial charge in [-0.25, -0.2) is 0 Å². The van der Waals surface area contributed by atoms with Gasteiger partial charge in [-0.3, -0.25) is 4.99 Å². The van der Waals surface area contributed by atoms with Gasteiger partial charge in [-0.1, -0.05) is 24.2 Å². The number of hydrogen-bond acceptors (Lipinski definition) is 4. The minimum atomic E-state index is 0.649. The lowest BCUT2D eigenvalue weighted by Gasteiger charge is -2.28. The average molecular weight is 306 g/mol. The molecule has 0 radical (unpaired) electrons. The zero-order chi connectivity index (χ0) is 14.7. The number of benzene rings is 1. The average Bonchev–Trinajstić information content (AvgIpc) is 3.00. The minimum Gasteiger partial charge on any atom is -0.493 e. The molecule has 1 saturated carbocycles. The molecular formula is C16H22N2O2S. The van der Waals surface area contributed by atoms with Crippen LogP contribution in [0.15, 0.2) is 23.2 Å². The summed E-state index contributed by atoms with van der Waals surface area (Å²) in [5.74, 6) is 3.57. The molecule has 1 saturated heterocycles. The summed E-state index contributed by atoms with van der Waals surface area (Å²) in [6.45, 7) is 0.674. The highest BCUT2D eigenvalue weighted by atomic mass is 32.2. The molecule has 1 aliphatic heterocycles. The fraction of sp³-hybridized carbons (Fsp3) is 0.562. The van der Waals surface area contributed by atoms with Gasteiger partial charge in [-0.05, 0) is 36.5 Å². The number of thioether (sulfide) groups is 1. The van der Waals surface area contributed by atoms with E-state index in [-0.39, 0.29) is 0 Å². The van der Waals surface area contributed by atoms with Gasteiger partial charge in [-0.15, -0.1) is 0 Å². The number of ether oxygens (including phenoxy) is 2. The molecule has 4 nitrogen and oxygen atoms in total. The van der Waals surface area contributed by atoms with Crippen LogP contribution in [-0.4, -0.2) is 31.2 Å². The Hall–Kier alpha value is -1.36. The van der Waals surface area contributed by atoms with Crippen molar-refractivity contribution in [2.45, 2.75) is 31.8 Å². The standard InChI is InChI=1S/C16H22N2O2S/c1-19-14-7-6-11(8-15(14)20-2)9-17-16-18-13-5-3-4-12(13)10-21-16/h6-8,12-13H,3-5,9-10H2,1-2H3,(H,17,18). The predicted molar refractivity (Wildman–Crippen MR) is 87.4 cm³/mol. The number of methoxy groups -OCH3 is 2. The van der Waals surface area contributed by atoms with Gasteiger partial charge < -0.3 is 14.8 Å². The number of aliphatic imine (C=N–C) groups is 1. The minimum absolute atomic E-state index is 0.649. The number of nitrogens with zero attached hydrogens (tertiary/aromatic N) is 1. The molecule has 21 heavy (non-hydrogen) atoms. The van der Waals surface area contributed by atoms with Gasteiger partial charge in [0.25, 0.3) is 0 Å². The summed E-state index contributed by atoms with van der Waals surface area (Å²) in [7, 11) is 3.31. The zero-order valence-electron chi connectivity index (χ0n) is 12.6. The molecule has 0 spiro atoms. The Morgan fingerprint density at radius 3 is 2.90 bits per heavy atom. The molecule has 1 aliphatic carbocycles. The fourth-order valence-electron chi connectivity index (χ4n) is 3.05. The molecular weight excluding hydrogens is 284 g/mol. The maximum absolute atomic E-state index is 5.33. The Balaban J connectivity index is 1.65. The van der Waals surface area contributed by atoms with Crippen molar-refractivity contribution < 1.29 is 9.47 Å². The Morgan fingerprint density at radius 1 is 1.24 bits per heavy atom. The maximum Gasteiger partial charge on any atom is 0.161 e. The van der Waals surface area contributed by atoms with Crippen LogP contribution in [0.2, 0.25) is 0 Å². The van der Waals surface area contributed by atoms with Crippen molar-refractivity contribution >= 4 is 16.9 Å². The van der Waals surface area contributed by atoms with E-state index in [9.17, 15) is 0 Å². The Labute approximate surface area is 130 Å². The highest BCUT2D eigenvalue weighted by Crippen LogP contribution is 2.33. The topological polar surface area (TPSA) is 42.8 Å². The number of rotatable bonds is 4. The van der Waals surface area contributed by atoms with E-state index in [1.807, 2.05) is 30.0 Å². The second kappa shape index (κ2) is 6.60. The Morgan fingerprint density at radius 2 is 2.10 bits per heavy atom. The van der Waals surface area contributed by atoms with Gasteiger partial charge in [0.1, 0.15) is 0 Å². The highest BCUT2D eigenvalue weighted by Gasteiger charge is 2.31. The first-order valence-corrected chi connectivity index (χ1v) is 8.43. The molecule has 1 aromatic carbocycles. The zero-order valence-corrected chi connectivity index (χ0v) is 13.4. The fourth-order valence-corrected chi connectivity index (χ4v) is 4.21. The quantitative estimate of drug-likeness (QED) is 0.928. The van der Waals surface area contributed by atoms with Crippen LogP contribution in [0.4, 0.5) is 0 Å². The molecule has 2 unspecified atom stereocenters. The van der Waals surface area contributed by atoms with Crippen molar-refractivity contribution in [2.75, 3.05) is 20.0 Å². The lowest BCUT2D eigenvalue weighted by Crippen LogP contribution is -2.41. The number of nitrogens with one attached hydrogen (secondary N) is 1. The monoisotopic (exact) mass is 306 g/mol. The first-order valence-electron chi connectivity index (χ1n) is 7.45. The van der Waals surface area contributed by atoms with E-state index in [2.05, 4.69) is 5.32 Å². The van der Waals surface area contributed by atoms with Crippen LogP contribution in [0, 0.1) is 5.92 Å². The van der Waals surface area contributed by atoms with Gasteiger partial charge in [0.05, 0.1) is 20.8 Å². The second-order valence-electron chi connectivity index (χ2n) is 5.56. The maximum atomic E-state index is 5.33. The number of hydrogen-bond donors (Lipinski definition) is 1. The summed E-state index contributed by atoms with van der Waals surface area (Å²) in [5.41, 5.74) is 1.14. The molecule has 1 aromatic rings. The van der Waals surface area contributed by atoms with Gasteiger partial charge in [0.15, 0.2) is 16.7 Å². The van der Waals surface area contributed by atoms with Crippen molar-refractivity contribution in [3.8, 4) is 11.5 Å². The van der Waals surface area contributed by atoms with Gasteiger partial charge in [0, 0.05) is 11.8 Å². The van der Waals surface area contributed by atoms with Gasteiger partial charge in [0.2, 0.25) is 0 Å². The van der Waals surface area contributed by atoms with E-state index in [4.69, 9.17) is 14.5 Å². The van der Waals surface area contributed by atoms with Crippen LogP contribution in [0.3, 0.4) is 0 Å². The normalized spacial score (nSPS) is 26.3. The number of fused-ring (bicyclic) bond motifs is 1. The predicted octanol–water partition coefficient (Wildman–Crippen LogP) is 3.06. The summed E-state index contributed by atoms with van der Waals surface area (Å²) in [6.07, 6.45) is 4.01. The Kier molecular flexibility index (Phi) is 4.58. The third-order valence-corrected chi connectivity index (χ3v) is 5.37. The third-order valence-electron chi connectivity index (χ3n) is 4.26. The largest absolute Gasteiger partial charge is 0.493 e. The molecule has 0 amide bonds. The van der Waals surface area contributed by atoms with Gasteiger partial charge >= 0.3 is 0 Å². The SMILES string of the molecule is COc1ccc(CN=C2NC3CCCC3CS2)cc1OC. The molecule has 0 bridgehead atoms. The van der Waals surface area contributed by atoms with E-state index in [0.717, 1.165) is 28.1 Å². The van der Waals surface area contributed by atoms with Crippen molar-refractivity contribution in [3.05, 3.63) is 23.8 Å². The van der Waals surface area contributed by atoms with Crippen LogP contribution in [0.5, 0.6) is 11.5 Å². The molecule has 3 rings (SSSR count). The van der Waals surface area contributed by atoms with Crippen LogP contribution in [-0.2, 0) is 6.54 Å². The molecule has 114 valence electrons. The van der Waals surface area contributed by atoms with Crippen molar-refractivity contribution in [2.24, 2.45) is 10.9 Å². The van der Waals surface area contributed by atoms with E-state index >= 15 is 0 Å². The van der Waals surface area contributed by atoms with Gasteiger partial charge in [-0.2, -0.15) is 0 Å². The number of amidine groups is 1. The molecule has 0 aromatic heterocycles. The Bertz CT molecular complexity index is 533. The van der Waals surface area contributed by atoms with Crippen molar-refractivity contribution in [1.82, 2.24) is 5.32 Å². The first kappa shape index (κ1) is 14.6. The van der Waals surface area contributed by atoms with E-state index in [0.29, 0.717) is 12.6 Å². The smallest absolute Gasteiger partial charge is 0.161 e. The summed E-state index contributed by atoms with van der Waals surface area (Å²) >= 11 is 1.86. The summed E-state index contributed by atoms with van der Waals surface area (Å²) < 4.78 is 10.6. The van der Waals surface area contributed by atoms with E-state index in [1.54, 1.807) is 14.2 Å². The summed E-state index contributed by atoms with van der Waals surface area (Å²) in [4.78, 5) is 4.72. The molecule has 5 heteroatoms. The van der Waals surface area contributed by atoms with E-state index in [1.165, 1.54) is 25.0 Å². The van der Waals surface area contributed by atoms with Crippen molar-refractivity contribution in [1.29, 1.82) is 0 Å².